The first kappa shape index (κ1) is 18.2. The maximum atomic E-state index is 5.95. The molecule has 0 heterocycles. The van der Waals surface area contributed by atoms with Crippen molar-refractivity contribution in [3.05, 3.63) is 0 Å². The van der Waals surface area contributed by atoms with Crippen molar-refractivity contribution in [2.24, 2.45) is 10.8 Å². The predicted octanol–water partition coefficient (Wildman–Crippen LogP) is 2.47. The number of hydrogen-bond acceptors (Lipinski definition) is 3. The zero-order chi connectivity index (χ0) is 14.4. The maximum Gasteiger partial charge on any atom is 0.0529 e. The predicted molar refractivity (Wildman–Crippen MR) is 85.7 cm³/mol. The Hall–Kier alpha value is 0.230. The lowest BCUT2D eigenvalue weighted by molar-refractivity contribution is 0.0232. The average Bonchev–Trinajstić information content (AvgIpc) is 2.14. The summed E-state index contributed by atoms with van der Waals surface area (Å²) in [6.45, 7) is 11.7. The smallest absolute Gasteiger partial charge is 0.0529 e. The highest BCUT2D eigenvalue weighted by Crippen LogP contribution is 2.40. The van der Waals surface area contributed by atoms with E-state index in [-0.39, 0.29) is 10.8 Å². The molecule has 0 radical (unpaired) electrons. The molecule has 2 N–H and O–H groups in total. The molecule has 0 unspecified atom stereocenters. The van der Waals surface area contributed by atoms with E-state index >= 15 is 0 Å². The van der Waals surface area contributed by atoms with Gasteiger partial charge in [-0.3, -0.25) is 4.72 Å². The molecule has 0 aliphatic carbocycles. The summed E-state index contributed by atoms with van der Waals surface area (Å²) in [6, 6.07) is 0. The highest BCUT2D eigenvalue weighted by molar-refractivity contribution is 8.31. The Kier molecular flexibility index (Phi) is 7.22. The zero-order valence-corrected chi connectivity index (χ0v) is 14.5. The van der Waals surface area contributed by atoms with Gasteiger partial charge in [-0.05, 0) is 37.8 Å². The van der Waals surface area contributed by atoms with Crippen LogP contribution < -0.4 is 10.0 Å². The van der Waals surface area contributed by atoms with Crippen LogP contribution in [0, 0.1) is 10.8 Å². The van der Waals surface area contributed by atoms with Crippen LogP contribution in [0.1, 0.15) is 27.7 Å². The van der Waals surface area contributed by atoms with Gasteiger partial charge in [0.25, 0.3) is 0 Å². The van der Waals surface area contributed by atoms with Gasteiger partial charge >= 0.3 is 0 Å². The maximum absolute atomic E-state index is 5.95. The third kappa shape index (κ3) is 8.35. The van der Waals surface area contributed by atoms with E-state index in [9.17, 15) is 0 Å². The van der Waals surface area contributed by atoms with Crippen molar-refractivity contribution >= 4 is 10.2 Å². The number of nitrogens with one attached hydrogen (secondary N) is 2. The van der Waals surface area contributed by atoms with Crippen molar-refractivity contribution in [1.82, 2.24) is 10.0 Å². The number of hydrogen-bond donors (Lipinski definition) is 2. The molecule has 0 aromatic carbocycles. The average molecular weight is 279 g/mol. The first-order chi connectivity index (χ1) is 8.04. The Labute approximate surface area is 116 Å². The molecule has 0 aromatic heterocycles. The molecule has 0 saturated carbocycles. The van der Waals surface area contributed by atoms with Crippen LogP contribution in [0.4, 0.5) is 0 Å². The largest absolute Gasteiger partial charge is 0.380 e. The Morgan fingerprint density at radius 1 is 0.944 bits per heavy atom. The third-order valence-electron chi connectivity index (χ3n) is 2.95. The fourth-order valence-electron chi connectivity index (χ4n) is 2.22. The molecule has 0 aliphatic rings. The van der Waals surface area contributed by atoms with Crippen LogP contribution in [0.15, 0.2) is 0 Å². The molecule has 0 amide bonds. The van der Waals surface area contributed by atoms with E-state index in [1.54, 1.807) is 0 Å². The molecule has 0 aliphatic heterocycles. The van der Waals surface area contributed by atoms with Gasteiger partial charge in [0.2, 0.25) is 0 Å². The Bertz CT molecular complexity index is 240. The van der Waals surface area contributed by atoms with Crippen molar-refractivity contribution < 1.29 is 4.74 Å². The Balaban J connectivity index is 4.12. The molecule has 0 bridgehead atoms. The van der Waals surface area contributed by atoms with Crippen LogP contribution in [-0.2, 0) is 4.74 Å². The summed E-state index contributed by atoms with van der Waals surface area (Å²) in [4.78, 5) is 0. The van der Waals surface area contributed by atoms with E-state index in [4.69, 9.17) is 4.74 Å². The van der Waals surface area contributed by atoms with Gasteiger partial charge in [-0.2, -0.15) is 10.2 Å². The van der Waals surface area contributed by atoms with E-state index in [2.05, 4.69) is 57.3 Å². The molecule has 0 spiro atoms. The molecule has 0 rings (SSSR count). The van der Waals surface area contributed by atoms with E-state index in [1.807, 2.05) is 7.05 Å². The van der Waals surface area contributed by atoms with Crippen LogP contribution in [-0.4, -0.2) is 52.1 Å². The Morgan fingerprint density at radius 3 is 1.89 bits per heavy atom. The van der Waals surface area contributed by atoms with E-state index in [1.165, 1.54) is 5.75 Å². The van der Waals surface area contributed by atoms with Gasteiger partial charge in [-0.15, -0.1) is 0 Å². The molecule has 0 atom stereocenters. The van der Waals surface area contributed by atoms with Gasteiger partial charge in [-0.25, -0.2) is 0 Å². The second-order valence-corrected chi connectivity index (χ2v) is 11.0. The van der Waals surface area contributed by atoms with Crippen molar-refractivity contribution in [3.8, 4) is 0 Å². The first-order valence-corrected chi connectivity index (χ1v) is 9.27. The summed E-state index contributed by atoms with van der Waals surface area (Å²) >= 11 is 0. The third-order valence-corrected chi connectivity index (χ3v) is 5.55. The quantitative estimate of drug-likeness (QED) is 0.680. The molecular formula is C14H34N2OS. The SMILES string of the molecule is CNCC(C)(C)COCC(C)(C)CS(C)(C)NC. The Morgan fingerprint density at radius 2 is 1.44 bits per heavy atom. The summed E-state index contributed by atoms with van der Waals surface area (Å²) < 4.78 is 9.39. The van der Waals surface area contributed by atoms with Crippen molar-refractivity contribution in [2.75, 3.05) is 52.1 Å². The second-order valence-electron chi connectivity index (χ2n) is 7.24. The van der Waals surface area contributed by atoms with Gasteiger partial charge < -0.3 is 10.1 Å². The van der Waals surface area contributed by atoms with Gasteiger partial charge in [0.15, 0.2) is 0 Å². The van der Waals surface area contributed by atoms with Crippen LogP contribution in [0.25, 0.3) is 0 Å². The van der Waals surface area contributed by atoms with Crippen molar-refractivity contribution in [2.45, 2.75) is 27.7 Å². The number of ether oxygens (including phenoxy) is 1. The fraction of sp³-hybridized carbons (Fsp3) is 1.00. The van der Waals surface area contributed by atoms with Crippen LogP contribution >= 0.6 is 10.2 Å². The van der Waals surface area contributed by atoms with Crippen LogP contribution in [0.5, 0.6) is 0 Å². The van der Waals surface area contributed by atoms with Gasteiger partial charge in [-0.1, -0.05) is 27.7 Å². The topological polar surface area (TPSA) is 33.3 Å². The minimum Gasteiger partial charge on any atom is -0.380 e. The zero-order valence-electron chi connectivity index (χ0n) is 13.6. The molecule has 3 nitrogen and oxygen atoms in total. The van der Waals surface area contributed by atoms with Crippen molar-refractivity contribution in [3.63, 3.8) is 0 Å². The normalized spacial score (nSPS) is 14.9. The molecule has 18 heavy (non-hydrogen) atoms. The summed E-state index contributed by atoms with van der Waals surface area (Å²) in [5.41, 5.74) is 0.438. The lowest BCUT2D eigenvalue weighted by Crippen LogP contribution is -2.35. The molecule has 0 saturated heterocycles. The van der Waals surface area contributed by atoms with Gasteiger partial charge in [0, 0.05) is 12.0 Å². The molecule has 0 fully saturated rings. The van der Waals surface area contributed by atoms with Gasteiger partial charge in [0.1, 0.15) is 0 Å². The standard InChI is InChI=1S/C14H34N2OS/c1-13(2,9-15-5)10-17-11-14(3,4)12-18(7,8)16-6/h15-16H,9-12H2,1-8H3. The minimum atomic E-state index is -0.696. The van der Waals surface area contributed by atoms with Crippen molar-refractivity contribution in [1.29, 1.82) is 0 Å². The van der Waals surface area contributed by atoms with E-state index in [0.29, 0.717) is 0 Å². The monoisotopic (exact) mass is 278 g/mol. The highest BCUT2D eigenvalue weighted by atomic mass is 32.3. The summed E-state index contributed by atoms with van der Waals surface area (Å²) in [6.07, 6.45) is 4.64. The highest BCUT2D eigenvalue weighted by Gasteiger charge is 2.26. The second kappa shape index (κ2) is 7.13. The molecule has 112 valence electrons. The van der Waals surface area contributed by atoms with E-state index < -0.39 is 10.2 Å². The molecular weight excluding hydrogens is 244 g/mol. The molecule has 0 aromatic rings. The first-order valence-electron chi connectivity index (χ1n) is 6.65. The van der Waals surface area contributed by atoms with Crippen LogP contribution in [0.2, 0.25) is 0 Å². The summed E-state index contributed by atoms with van der Waals surface area (Å²) in [5.74, 6) is 1.18. The van der Waals surface area contributed by atoms with Gasteiger partial charge in [0.05, 0.1) is 13.2 Å². The minimum absolute atomic E-state index is 0.205. The number of rotatable bonds is 9. The summed E-state index contributed by atoms with van der Waals surface area (Å²) in [5, 5.41) is 3.22. The lowest BCUT2D eigenvalue weighted by Gasteiger charge is -2.39. The van der Waals surface area contributed by atoms with Crippen LogP contribution in [0.3, 0.4) is 0 Å². The summed E-state index contributed by atoms with van der Waals surface area (Å²) in [7, 11) is 3.35. The lowest BCUT2D eigenvalue weighted by atomic mass is 9.94. The van der Waals surface area contributed by atoms with E-state index in [0.717, 1.165) is 19.8 Å². The fourth-order valence-corrected chi connectivity index (χ4v) is 4.41. The molecule has 4 heteroatoms.